The molecule has 2 aliphatic rings. The fourth-order valence-electron chi connectivity index (χ4n) is 3.76. The van der Waals surface area contributed by atoms with Crippen molar-refractivity contribution in [3.63, 3.8) is 0 Å². The summed E-state index contributed by atoms with van der Waals surface area (Å²) in [5, 5.41) is 9.39. The fourth-order valence-corrected chi connectivity index (χ4v) is 4.77. The van der Waals surface area contributed by atoms with Crippen LogP contribution in [0.3, 0.4) is 0 Å². The summed E-state index contributed by atoms with van der Waals surface area (Å²) in [7, 11) is 0. The number of hydrogen-bond donors (Lipinski definition) is 0. The lowest BCUT2D eigenvalue weighted by Crippen LogP contribution is -2.51. The molecule has 1 aromatic carbocycles. The van der Waals surface area contributed by atoms with Crippen LogP contribution in [0.5, 0.6) is 0 Å². The van der Waals surface area contributed by atoms with Crippen LogP contribution >= 0.6 is 23.4 Å². The van der Waals surface area contributed by atoms with Crippen molar-refractivity contribution in [3.8, 4) is 5.69 Å². The van der Waals surface area contributed by atoms with Gasteiger partial charge in [0.1, 0.15) is 6.33 Å². The number of aromatic nitrogens is 3. The molecule has 30 heavy (non-hydrogen) atoms. The van der Waals surface area contributed by atoms with Gasteiger partial charge in [0.15, 0.2) is 5.16 Å². The highest BCUT2D eigenvalue weighted by Gasteiger charge is 2.25. The zero-order chi connectivity index (χ0) is 20.9. The summed E-state index contributed by atoms with van der Waals surface area (Å²) in [4.78, 5) is 30.9. The molecule has 2 aromatic rings. The van der Waals surface area contributed by atoms with Crippen LogP contribution in [0.1, 0.15) is 12.8 Å². The molecule has 3 heterocycles. The van der Waals surface area contributed by atoms with Gasteiger partial charge in [-0.15, -0.1) is 10.2 Å². The average Bonchev–Trinajstić information content (AvgIpc) is 3.45. The number of amides is 2. The van der Waals surface area contributed by atoms with Crippen molar-refractivity contribution < 1.29 is 9.59 Å². The molecule has 0 radical (unpaired) electrons. The number of nitrogens with zero attached hydrogens (tertiary/aromatic N) is 6. The minimum Gasteiger partial charge on any atom is -0.342 e. The number of carbonyl (C=O) groups is 2. The second-order valence-corrected chi connectivity index (χ2v) is 8.88. The smallest absolute Gasteiger partial charge is 0.236 e. The van der Waals surface area contributed by atoms with Crippen molar-refractivity contribution >= 4 is 35.2 Å². The highest BCUT2D eigenvalue weighted by molar-refractivity contribution is 7.99. The summed E-state index contributed by atoms with van der Waals surface area (Å²) < 4.78 is 1.83. The molecular weight excluding hydrogens is 424 g/mol. The van der Waals surface area contributed by atoms with Crippen LogP contribution in [0.2, 0.25) is 5.02 Å². The van der Waals surface area contributed by atoms with Crippen LogP contribution in [0.15, 0.2) is 35.7 Å². The first-order valence-corrected chi connectivity index (χ1v) is 11.5. The normalized spacial score (nSPS) is 17.5. The van der Waals surface area contributed by atoms with E-state index in [2.05, 4.69) is 15.1 Å². The Balaban J connectivity index is 1.25. The number of halogens is 1. The molecule has 8 nitrogen and oxygen atoms in total. The Morgan fingerprint density at radius 2 is 1.73 bits per heavy atom. The highest BCUT2D eigenvalue weighted by Crippen LogP contribution is 2.22. The molecule has 0 atom stereocenters. The van der Waals surface area contributed by atoms with Gasteiger partial charge < -0.3 is 9.80 Å². The maximum absolute atomic E-state index is 12.7. The molecule has 2 aliphatic heterocycles. The topological polar surface area (TPSA) is 74.6 Å². The average molecular weight is 449 g/mol. The predicted octanol–water partition coefficient (Wildman–Crippen LogP) is 1.78. The molecule has 0 bridgehead atoms. The number of rotatable bonds is 6. The minimum atomic E-state index is 0.0752. The van der Waals surface area contributed by atoms with Crippen molar-refractivity contribution in [2.24, 2.45) is 0 Å². The second-order valence-electron chi connectivity index (χ2n) is 7.50. The van der Waals surface area contributed by atoms with E-state index in [0.717, 1.165) is 44.7 Å². The van der Waals surface area contributed by atoms with E-state index < -0.39 is 0 Å². The summed E-state index contributed by atoms with van der Waals surface area (Å²) in [6, 6.07) is 7.43. The second kappa shape index (κ2) is 9.80. The number of likely N-dealkylation sites (tertiary alicyclic amines) is 1. The number of carbonyl (C=O) groups excluding carboxylic acids is 2. The molecule has 4 rings (SSSR count). The van der Waals surface area contributed by atoms with E-state index in [1.165, 1.54) is 11.8 Å². The first-order chi connectivity index (χ1) is 14.6. The largest absolute Gasteiger partial charge is 0.342 e. The molecule has 0 N–H and O–H groups in total. The molecule has 2 fully saturated rings. The van der Waals surface area contributed by atoms with Crippen molar-refractivity contribution in [2.75, 3.05) is 51.6 Å². The Morgan fingerprint density at radius 3 is 2.47 bits per heavy atom. The van der Waals surface area contributed by atoms with Crippen LogP contribution in [-0.4, -0.2) is 92.8 Å². The Labute approximate surface area is 185 Å². The third-order valence-corrected chi connectivity index (χ3v) is 6.63. The van der Waals surface area contributed by atoms with Crippen molar-refractivity contribution in [2.45, 2.75) is 18.0 Å². The number of benzene rings is 1. The van der Waals surface area contributed by atoms with Gasteiger partial charge in [-0.3, -0.25) is 19.1 Å². The van der Waals surface area contributed by atoms with E-state index in [9.17, 15) is 9.59 Å². The summed E-state index contributed by atoms with van der Waals surface area (Å²) >= 11 is 7.44. The Kier molecular flexibility index (Phi) is 6.91. The Bertz CT molecular complexity index is 893. The van der Waals surface area contributed by atoms with E-state index in [0.29, 0.717) is 35.6 Å². The summed E-state index contributed by atoms with van der Waals surface area (Å²) in [6.45, 7) is 4.98. The van der Waals surface area contributed by atoms with Gasteiger partial charge in [0.25, 0.3) is 0 Å². The summed E-state index contributed by atoms with van der Waals surface area (Å²) in [5.74, 6) is 0.584. The zero-order valence-corrected chi connectivity index (χ0v) is 18.3. The molecule has 2 amide bonds. The van der Waals surface area contributed by atoms with E-state index in [1.807, 2.05) is 38.6 Å². The molecular formula is C20H25ClN6O2S. The molecule has 0 saturated carbocycles. The minimum absolute atomic E-state index is 0.0752. The molecule has 1 aromatic heterocycles. The SMILES string of the molecule is O=C(CSc1nncn1-c1cccc(Cl)c1)N1CCN(CC(=O)N2CCCC2)CC1. The lowest BCUT2D eigenvalue weighted by atomic mass is 10.3. The van der Waals surface area contributed by atoms with E-state index in [1.54, 1.807) is 6.33 Å². The summed E-state index contributed by atoms with van der Waals surface area (Å²) in [6.07, 6.45) is 3.84. The van der Waals surface area contributed by atoms with E-state index in [4.69, 9.17) is 11.6 Å². The first-order valence-electron chi connectivity index (χ1n) is 10.2. The third-order valence-electron chi connectivity index (χ3n) is 5.47. The van der Waals surface area contributed by atoms with Gasteiger partial charge in [0.05, 0.1) is 18.0 Å². The molecule has 160 valence electrons. The maximum Gasteiger partial charge on any atom is 0.236 e. The van der Waals surface area contributed by atoms with Gasteiger partial charge >= 0.3 is 0 Å². The van der Waals surface area contributed by atoms with Crippen molar-refractivity contribution in [1.82, 2.24) is 29.5 Å². The Morgan fingerprint density at radius 1 is 1.00 bits per heavy atom. The monoisotopic (exact) mass is 448 g/mol. The first kappa shape index (κ1) is 21.1. The van der Waals surface area contributed by atoms with Crippen LogP contribution in [0.25, 0.3) is 5.69 Å². The van der Waals surface area contributed by atoms with Gasteiger partial charge in [0, 0.05) is 44.3 Å². The number of hydrogen-bond acceptors (Lipinski definition) is 6. The molecule has 0 spiro atoms. The van der Waals surface area contributed by atoms with Gasteiger partial charge in [-0.05, 0) is 31.0 Å². The molecule has 2 saturated heterocycles. The van der Waals surface area contributed by atoms with Crippen LogP contribution < -0.4 is 0 Å². The van der Waals surface area contributed by atoms with E-state index >= 15 is 0 Å². The Hall–Kier alpha value is -2.10. The quantitative estimate of drug-likeness (QED) is 0.627. The van der Waals surface area contributed by atoms with Crippen LogP contribution in [-0.2, 0) is 9.59 Å². The number of piperazine rings is 1. The van der Waals surface area contributed by atoms with Gasteiger partial charge in [-0.2, -0.15) is 0 Å². The zero-order valence-electron chi connectivity index (χ0n) is 16.7. The molecule has 10 heteroatoms. The van der Waals surface area contributed by atoms with Crippen LogP contribution in [0, 0.1) is 0 Å². The lowest BCUT2D eigenvalue weighted by Gasteiger charge is -2.35. The standard InChI is InChI=1S/C20H25ClN6O2S/c21-16-4-3-5-17(12-16)27-15-22-23-20(27)30-14-19(29)26-10-8-24(9-11-26)13-18(28)25-6-1-2-7-25/h3-5,12,15H,1-2,6-11,13-14H2. The van der Waals surface area contributed by atoms with E-state index in [-0.39, 0.29) is 11.8 Å². The third kappa shape index (κ3) is 5.14. The molecule has 0 aliphatic carbocycles. The predicted molar refractivity (Wildman–Crippen MR) is 116 cm³/mol. The maximum atomic E-state index is 12.7. The number of thioether (sulfide) groups is 1. The van der Waals surface area contributed by atoms with Gasteiger partial charge in [0.2, 0.25) is 11.8 Å². The fraction of sp³-hybridized carbons (Fsp3) is 0.500. The van der Waals surface area contributed by atoms with Crippen LogP contribution in [0.4, 0.5) is 0 Å². The van der Waals surface area contributed by atoms with Gasteiger partial charge in [-0.1, -0.05) is 29.4 Å². The molecule has 0 unspecified atom stereocenters. The van der Waals surface area contributed by atoms with Gasteiger partial charge in [-0.25, -0.2) is 0 Å². The summed E-state index contributed by atoms with van der Waals surface area (Å²) in [5.41, 5.74) is 0.860. The van der Waals surface area contributed by atoms with Crippen molar-refractivity contribution in [3.05, 3.63) is 35.6 Å². The lowest BCUT2D eigenvalue weighted by molar-refractivity contribution is -0.133. The highest BCUT2D eigenvalue weighted by atomic mass is 35.5. The van der Waals surface area contributed by atoms with Crippen molar-refractivity contribution in [1.29, 1.82) is 0 Å².